The van der Waals surface area contributed by atoms with Crippen molar-refractivity contribution in [2.24, 2.45) is 5.10 Å². The molecule has 0 aliphatic heterocycles. The van der Waals surface area contributed by atoms with Gasteiger partial charge in [-0.15, -0.1) is 0 Å². The Balaban J connectivity index is 1.49. The maximum absolute atomic E-state index is 12.6. The molecule has 31 heavy (non-hydrogen) atoms. The Hall–Kier alpha value is -4.14. The Kier molecular flexibility index (Phi) is 5.65. The fourth-order valence-electron chi connectivity index (χ4n) is 3.41. The number of carbonyl (C=O) groups excluding carboxylic acids is 3. The van der Waals surface area contributed by atoms with Gasteiger partial charge in [0.2, 0.25) is 0 Å². The Bertz CT molecular complexity index is 1150. The molecule has 3 amide bonds. The number of carbonyl (C=O) groups is 3. The Labute approximate surface area is 177 Å². The summed E-state index contributed by atoms with van der Waals surface area (Å²) in [5, 5.41) is 4.29. The number of hydrazone groups is 1. The first-order valence-electron chi connectivity index (χ1n) is 9.73. The van der Waals surface area contributed by atoms with Gasteiger partial charge in [0.05, 0.1) is 12.0 Å². The Morgan fingerprint density at radius 1 is 0.935 bits per heavy atom. The van der Waals surface area contributed by atoms with Crippen LogP contribution in [0.15, 0.2) is 62.7 Å². The normalized spacial score (nSPS) is 14.0. The topological polar surface area (TPSA) is 126 Å². The highest BCUT2D eigenvalue weighted by molar-refractivity contribution is 6.07. The predicted molar refractivity (Wildman–Crippen MR) is 110 cm³/mol. The summed E-state index contributed by atoms with van der Waals surface area (Å²) in [6, 6.07) is 11.8. The second-order valence-corrected chi connectivity index (χ2v) is 6.96. The molecule has 9 nitrogen and oxygen atoms in total. The van der Waals surface area contributed by atoms with Crippen LogP contribution in [-0.2, 0) is 6.42 Å². The van der Waals surface area contributed by atoms with Gasteiger partial charge in [-0.25, -0.2) is 5.43 Å². The summed E-state index contributed by atoms with van der Waals surface area (Å²) in [6.07, 6.45) is 3.42. The Morgan fingerprint density at radius 3 is 2.45 bits per heavy atom. The number of hydrazine groups is 1. The Morgan fingerprint density at radius 2 is 1.71 bits per heavy atom. The van der Waals surface area contributed by atoms with Crippen LogP contribution in [0.1, 0.15) is 61.2 Å². The molecule has 3 aromatic rings. The largest absolute Gasteiger partial charge is 0.459 e. The first kappa shape index (κ1) is 20.1. The first-order valence-corrected chi connectivity index (χ1v) is 9.73. The molecule has 0 spiro atoms. The van der Waals surface area contributed by atoms with Crippen molar-refractivity contribution < 1.29 is 23.2 Å². The van der Waals surface area contributed by atoms with Crippen molar-refractivity contribution in [1.82, 2.24) is 16.3 Å². The second-order valence-electron chi connectivity index (χ2n) is 6.96. The highest BCUT2D eigenvalue weighted by Crippen LogP contribution is 2.29. The smallest absolute Gasteiger partial charge is 0.305 e. The van der Waals surface area contributed by atoms with Gasteiger partial charge in [-0.1, -0.05) is 18.2 Å². The minimum Gasteiger partial charge on any atom is -0.459 e. The number of fused-ring (bicyclic) bond motifs is 1. The van der Waals surface area contributed by atoms with Crippen molar-refractivity contribution in [3.05, 3.63) is 82.7 Å². The molecule has 0 atom stereocenters. The van der Waals surface area contributed by atoms with Gasteiger partial charge in [-0.05, 0) is 44.0 Å². The van der Waals surface area contributed by atoms with E-state index in [1.807, 2.05) is 6.07 Å². The molecule has 4 rings (SSSR count). The lowest BCUT2D eigenvalue weighted by atomic mass is 9.93. The molecule has 0 radical (unpaired) electrons. The van der Waals surface area contributed by atoms with Crippen LogP contribution in [0.2, 0.25) is 0 Å². The van der Waals surface area contributed by atoms with E-state index in [9.17, 15) is 14.4 Å². The monoisotopic (exact) mass is 420 g/mol. The molecule has 0 saturated heterocycles. The van der Waals surface area contributed by atoms with Crippen LogP contribution in [0.5, 0.6) is 0 Å². The molecule has 2 heterocycles. The van der Waals surface area contributed by atoms with Crippen LogP contribution in [0, 0.1) is 6.92 Å². The van der Waals surface area contributed by atoms with Crippen LogP contribution >= 0.6 is 0 Å². The minimum absolute atomic E-state index is 0.0688. The zero-order valence-corrected chi connectivity index (χ0v) is 16.7. The molecule has 0 unspecified atom stereocenters. The lowest BCUT2D eigenvalue weighted by Gasteiger charge is -2.13. The summed E-state index contributed by atoms with van der Waals surface area (Å²) in [5.41, 5.74) is 9.62. The van der Waals surface area contributed by atoms with Gasteiger partial charge in [0.15, 0.2) is 11.5 Å². The number of nitrogens with one attached hydrogen (secondary N) is 3. The lowest BCUT2D eigenvalue weighted by molar-refractivity contribution is 0.0815. The molecular formula is C22H20N4O5. The summed E-state index contributed by atoms with van der Waals surface area (Å²) >= 11 is 0. The maximum atomic E-state index is 12.6. The number of nitrogens with zero attached hydrogens (tertiary/aromatic N) is 1. The summed E-state index contributed by atoms with van der Waals surface area (Å²) in [5.74, 6) is -0.732. The highest BCUT2D eigenvalue weighted by atomic mass is 16.4. The van der Waals surface area contributed by atoms with Crippen LogP contribution in [-0.4, -0.2) is 23.4 Å². The lowest BCUT2D eigenvalue weighted by Crippen LogP contribution is -2.41. The highest BCUT2D eigenvalue weighted by Gasteiger charge is 2.28. The van der Waals surface area contributed by atoms with E-state index in [0.29, 0.717) is 41.0 Å². The number of benzene rings is 1. The third-order valence-corrected chi connectivity index (χ3v) is 4.89. The molecule has 0 saturated carbocycles. The van der Waals surface area contributed by atoms with Crippen molar-refractivity contribution in [2.75, 3.05) is 0 Å². The molecule has 0 bridgehead atoms. The van der Waals surface area contributed by atoms with Crippen LogP contribution in [0.4, 0.5) is 0 Å². The van der Waals surface area contributed by atoms with Crippen molar-refractivity contribution in [3.63, 3.8) is 0 Å². The number of rotatable bonds is 4. The van der Waals surface area contributed by atoms with Gasteiger partial charge in [-0.2, -0.15) is 5.10 Å². The maximum Gasteiger partial charge on any atom is 0.305 e. The van der Waals surface area contributed by atoms with Gasteiger partial charge in [0.25, 0.3) is 5.91 Å². The van der Waals surface area contributed by atoms with E-state index in [1.165, 1.54) is 12.3 Å². The molecule has 9 heteroatoms. The second kappa shape index (κ2) is 8.70. The van der Waals surface area contributed by atoms with Gasteiger partial charge in [-0.3, -0.25) is 25.2 Å². The third-order valence-electron chi connectivity index (χ3n) is 4.89. The molecule has 158 valence electrons. The van der Waals surface area contributed by atoms with Gasteiger partial charge in [0.1, 0.15) is 5.76 Å². The van der Waals surface area contributed by atoms with Gasteiger partial charge < -0.3 is 8.83 Å². The summed E-state index contributed by atoms with van der Waals surface area (Å²) in [4.78, 5) is 36.8. The zero-order chi connectivity index (χ0) is 21.8. The number of furan rings is 2. The van der Waals surface area contributed by atoms with Crippen molar-refractivity contribution in [1.29, 1.82) is 0 Å². The fourth-order valence-corrected chi connectivity index (χ4v) is 3.41. The molecule has 1 aliphatic carbocycles. The van der Waals surface area contributed by atoms with Crippen LogP contribution in [0.3, 0.4) is 0 Å². The quantitative estimate of drug-likeness (QED) is 0.560. The van der Waals surface area contributed by atoms with E-state index < -0.39 is 11.8 Å². The van der Waals surface area contributed by atoms with E-state index in [0.717, 1.165) is 6.42 Å². The van der Waals surface area contributed by atoms with E-state index in [1.54, 1.807) is 37.3 Å². The number of hydrogen-bond donors (Lipinski definition) is 3. The van der Waals surface area contributed by atoms with Crippen LogP contribution < -0.4 is 16.3 Å². The summed E-state index contributed by atoms with van der Waals surface area (Å²) < 4.78 is 10.7. The van der Waals surface area contributed by atoms with Crippen molar-refractivity contribution in [3.8, 4) is 0 Å². The van der Waals surface area contributed by atoms with Crippen LogP contribution in [0.25, 0.3) is 0 Å². The van der Waals surface area contributed by atoms with Gasteiger partial charge in [0, 0.05) is 23.1 Å². The average Bonchev–Trinajstić information content (AvgIpc) is 3.45. The van der Waals surface area contributed by atoms with Crippen molar-refractivity contribution in [2.45, 2.75) is 26.2 Å². The van der Waals surface area contributed by atoms with E-state index >= 15 is 0 Å². The summed E-state index contributed by atoms with van der Waals surface area (Å²) in [6.45, 7) is 1.74. The molecule has 1 aromatic carbocycles. The standard InChI is InChI=1S/C22H20N4O5/c1-13-18-15(23-24-20(27)14-7-3-2-4-8-14)9-5-10-16(18)31-19(13)22(29)26-25-21(28)17-11-6-12-30-17/h2-4,6-8,11-12H,5,9-10H2,1H3,(H,24,27)(H,25,28)(H,26,29)/b23-15+. The van der Waals surface area contributed by atoms with E-state index in [-0.39, 0.29) is 17.4 Å². The summed E-state index contributed by atoms with van der Waals surface area (Å²) in [7, 11) is 0. The number of hydrogen-bond acceptors (Lipinski definition) is 6. The molecule has 2 aromatic heterocycles. The first-order chi connectivity index (χ1) is 15.0. The third kappa shape index (κ3) is 4.25. The van der Waals surface area contributed by atoms with E-state index in [2.05, 4.69) is 21.4 Å². The zero-order valence-electron chi connectivity index (χ0n) is 16.7. The molecular weight excluding hydrogens is 400 g/mol. The van der Waals surface area contributed by atoms with Crippen molar-refractivity contribution >= 4 is 23.4 Å². The predicted octanol–water partition coefficient (Wildman–Crippen LogP) is 2.73. The molecule has 3 N–H and O–H groups in total. The number of amides is 3. The average molecular weight is 420 g/mol. The fraction of sp³-hybridized carbons (Fsp3) is 0.182. The minimum atomic E-state index is -0.598. The SMILES string of the molecule is Cc1c(C(=O)NNC(=O)c2ccco2)oc2c1/C(=N/NC(=O)c1ccccc1)CCC2. The van der Waals surface area contributed by atoms with Gasteiger partial charge >= 0.3 is 11.8 Å². The molecule has 1 aliphatic rings. The van der Waals surface area contributed by atoms with E-state index in [4.69, 9.17) is 8.83 Å². The number of aryl methyl sites for hydroxylation is 1. The molecule has 0 fully saturated rings.